The molecule has 4 aromatic rings. The Balaban J connectivity index is 1.63. The summed E-state index contributed by atoms with van der Waals surface area (Å²) in [4.78, 5) is 38.5. The highest BCUT2D eigenvalue weighted by molar-refractivity contribution is 7.17. The molecule has 2 aromatic heterocycles. The highest BCUT2D eigenvalue weighted by atomic mass is 35.5. The van der Waals surface area contributed by atoms with Gasteiger partial charge < -0.3 is 5.32 Å². The van der Waals surface area contributed by atoms with E-state index in [1.165, 1.54) is 15.9 Å². The Morgan fingerprint density at radius 1 is 0.968 bits per heavy atom. The number of nitrogens with one attached hydrogen (secondary N) is 1. The van der Waals surface area contributed by atoms with Gasteiger partial charge in [-0.3, -0.25) is 14.2 Å². The zero-order chi connectivity index (χ0) is 22.0. The second-order valence-corrected chi connectivity index (χ2v) is 8.65. The minimum absolute atomic E-state index is 0.202. The van der Waals surface area contributed by atoms with Crippen LogP contribution in [-0.2, 0) is 24.4 Å². The molecule has 2 aromatic carbocycles. The van der Waals surface area contributed by atoms with E-state index < -0.39 is 17.2 Å². The van der Waals surface area contributed by atoms with Gasteiger partial charge in [-0.2, -0.15) is 0 Å². The Morgan fingerprint density at radius 3 is 2.45 bits per heavy atom. The lowest BCUT2D eigenvalue weighted by Crippen LogP contribution is -2.43. The van der Waals surface area contributed by atoms with Crippen molar-refractivity contribution >= 4 is 50.7 Å². The third kappa shape index (κ3) is 4.58. The van der Waals surface area contributed by atoms with Gasteiger partial charge in [0, 0.05) is 16.6 Å². The lowest BCUT2D eigenvalue weighted by atomic mass is 10.2. The normalized spacial score (nSPS) is 11.0. The lowest BCUT2D eigenvalue weighted by molar-refractivity contribution is -0.121. The van der Waals surface area contributed by atoms with Crippen LogP contribution >= 0.6 is 34.5 Å². The first-order valence-electron chi connectivity index (χ1n) is 9.39. The maximum atomic E-state index is 13.1. The lowest BCUT2D eigenvalue weighted by Gasteiger charge is -2.13. The molecule has 0 fully saturated rings. The van der Waals surface area contributed by atoms with Crippen LogP contribution in [0.5, 0.6) is 0 Å². The quantitative estimate of drug-likeness (QED) is 0.461. The van der Waals surface area contributed by atoms with E-state index in [9.17, 15) is 14.4 Å². The number of benzene rings is 2. The summed E-state index contributed by atoms with van der Waals surface area (Å²) in [6.45, 7) is 0.0782. The summed E-state index contributed by atoms with van der Waals surface area (Å²) in [5, 5.41) is 5.60. The van der Waals surface area contributed by atoms with Crippen molar-refractivity contribution in [2.24, 2.45) is 0 Å². The summed E-state index contributed by atoms with van der Waals surface area (Å²) in [6, 6.07) is 16.0. The van der Waals surface area contributed by atoms with Gasteiger partial charge >= 0.3 is 5.69 Å². The van der Waals surface area contributed by atoms with Crippen molar-refractivity contribution < 1.29 is 4.79 Å². The van der Waals surface area contributed by atoms with Gasteiger partial charge in [0.05, 0.1) is 12.1 Å². The molecule has 9 heteroatoms. The zero-order valence-electron chi connectivity index (χ0n) is 16.2. The number of nitrogens with zero attached hydrogens (tertiary/aromatic N) is 2. The number of rotatable bonds is 6. The number of fused-ring (bicyclic) bond motifs is 1. The topological polar surface area (TPSA) is 73.1 Å². The molecule has 0 spiro atoms. The third-order valence-corrected chi connectivity index (χ3v) is 6.34. The first-order valence-corrected chi connectivity index (χ1v) is 11.0. The number of carbonyl (C=O) groups excluding carboxylic acids is 1. The van der Waals surface area contributed by atoms with E-state index in [1.807, 2.05) is 18.2 Å². The number of amides is 1. The predicted molar refractivity (Wildman–Crippen MR) is 124 cm³/mol. The van der Waals surface area contributed by atoms with Crippen molar-refractivity contribution in [3.05, 3.63) is 102 Å². The summed E-state index contributed by atoms with van der Waals surface area (Å²) in [5.74, 6) is -0.451. The van der Waals surface area contributed by atoms with Gasteiger partial charge in [-0.15, -0.1) is 11.3 Å². The van der Waals surface area contributed by atoms with Gasteiger partial charge in [0.25, 0.3) is 5.56 Å². The molecule has 0 bridgehead atoms. The van der Waals surface area contributed by atoms with Crippen molar-refractivity contribution in [1.82, 2.24) is 14.5 Å². The van der Waals surface area contributed by atoms with Crippen LogP contribution in [0.3, 0.4) is 0 Å². The molecule has 2 heterocycles. The highest BCUT2D eigenvalue weighted by Crippen LogP contribution is 2.17. The molecule has 0 radical (unpaired) electrons. The van der Waals surface area contributed by atoms with Crippen molar-refractivity contribution in [3.63, 3.8) is 0 Å². The van der Waals surface area contributed by atoms with Gasteiger partial charge in [0.2, 0.25) is 5.91 Å². The standard InChI is InChI=1S/C22H17Cl2N3O3S/c23-16-7-5-14(6-8-16)12-26-18-9-10-31-20(18)21(29)27(22(26)30)13-19(28)25-11-15-3-1-2-4-17(15)24/h1-10H,11-13H2,(H,25,28). The molecule has 0 unspecified atom stereocenters. The molecule has 4 rings (SSSR count). The maximum Gasteiger partial charge on any atom is 0.332 e. The van der Waals surface area contributed by atoms with Crippen LogP contribution in [0.4, 0.5) is 0 Å². The van der Waals surface area contributed by atoms with Crippen molar-refractivity contribution in [2.45, 2.75) is 19.6 Å². The van der Waals surface area contributed by atoms with E-state index in [-0.39, 0.29) is 19.6 Å². The van der Waals surface area contributed by atoms with Crippen molar-refractivity contribution in [1.29, 1.82) is 0 Å². The predicted octanol–water partition coefficient (Wildman–Crippen LogP) is 3.90. The number of carbonyl (C=O) groups is 1. The first-order chi connectivity index (χ1) is 14.9. The Hall–Kier alpha value is -2.87. The van der Waals surface area contributed by atoms with Crippen LogP contribution in [0, 0.1) is 0 Å². The summed E-state index contributed by atoms with van der Waals surface area (Å²) in [7, 11) is 0. The molecule has 6 nitrogen and oxygen atoms in total. The summed E-state index contributed by atoms with van der Waals surface area (Å²) in [6.07, 6.45) is 0. The van der Waals surface area contributed by atoms with E-state index in [0.29, 0.717) is 20.3 Å². The molecule has 158 valence electrons. The molecule has 0 aliphatic carbocycles. The average molecular weight is 474 g/mol. The van der Waals surface area contributed by atoms with E-state index in [4.69, 9.17) is 23.2 Å². The van der Waals surface area contributed by atoms with Crippen LogP contribution in [0.25, 0.3) is 10.2 Å². The van der Waals surface area contributed by atoms with Crippen molar-refractivity contribution in [3.8, 4) is 0 Å². The van der Waals surface area contributed by atoms with Gasteiger partial charge in [0.1, 0.15) is 11.2 Å². The molecule has 31 heavy (non-hydrogen) atoms. The maximum absolute atomic E-state index is 13.1. The SMILES string of the molecule is O=C(Cn1c(=O)c2sccc2n(Cc2ccc(Cl)cc2)c1=O)NCc1ccccc1Cl. The fraction of sp³-hybridized carbons (Fsp3) is 0.136. The van der Waals surface area contributed by atoms with Gasteiger partial charge in [-0.1, -0.05) is 53.5 Å². The number of thiophene rings is 1. The molecule has 0 aliphatic heterocycles. The number of hydrogen-bond acceptors (Lipinski definition) is 4. The summed E-state index contributed by atoms with van der Waals surface area (Å²) in [5.41, 5.74) is 1.13. The number of aromatic nitrogens is 2. The summed E-state index contributed by atoms with van der Waals surface area (Å²) >= 11 is 13.3. The minimum Gasteiger partial charge on any atom is -0.350 e. The molecule has 0 atom stereocenters. The minimum atomic E-state index is -0.543. The van der Waals surface area contributed by atoms with E-state index in [2.05, 4.69) is 5.32 Å². The molecular formula is C22H17Cl2N3O3S. The Kier molecular flexibility index (Phi) is 6.27. The Bertz CT molecular complexity index is 1370. The van der Waals surface area contributed by atoms with E-state index in [0.717, 1.165) is 15.7 Å². The Labute approximate surface area is 191 Å². The third-order valence-electron chi connectivity index (χ3n) is 4.83. The van der Waals surface area contributed by atoms with Crippen LogP contribution in [0.2, 0.25) is 10.0 Å². The van der Waals surface area contributed by atoms with Crippen molar-refractivity contribution in [2.75, 3.05) is 0 Å². The molecule has 0 saturated heterocycles. The van der Waals surface area contributed by atoms with Crippen LogP contribution in [-0.4, -0.2) is 15.0 Å². The fourth-order valence-electron chi connectivity index (χ4n) is 3.23. The van der Waals surface area contributed by atoms with Gasteiger partial charge in [0.15, 0.2) is 0 Å². The molecule has 1 N–H and O–H groups in total. The summed E-state index contributed by atoms with van der Waals surface area (Å²) < 4.78 is 2.89. The fourth-order valence-corrected chi connectivity index (χ4v) is 4.40. The first kappa shape index (κ1) is 21.4. The Morgan fingerprint density at radius 2 is 1.71 bits per heavy atom. The van der Waals surface area contributed by atoms with Gasteiger partial charge in [-0.05, 0) is 40.8 Å². The monoisotopic (exact) mass is 473 g/mol. The largest absolute Gasteiger partial charge is 0.350 e. The van der Waals surface area contributed by atoms with E-state index >= 15 is 0 Å². The smallest absolute Gasteiger partial charge is 0.332 e. The highest BCUT2D eigenvalue weighted by Gasteiger charge is 2.17. The number of halogens is 2. The molecule has 1 amide bonds. The molecule has 0 aliphatic rings. The molecule has 0 saturated carbocycles. The van der Waals surface area contributed by atoms with Crippen LogP contribution in [0.15, 0.2) is 69.6 Å². The second-order valence-electron chi connectivity index (χ2n) is 6.89. The zero-order valence-corrected chi connectivity index (χ0v) is 18.5. The van der Waals surface area contributed by atoms with Gasteiger partial charge in [-0.25, -0.2) is 9.36 Å². The van der Waals surface area contributed by atoms with Crippen LogP contribution in [0.1, 0.15) is 11.1 Å². The number of hydrogen-bond donors (Lipinski definition) is 1. The van der Waals surface area contributed by atoms with Crippen LogP contribution < -0.4 is 16.6 Å². The second kappa shape index (κ2) is 9.09. The molecular weight excluding hydrogens is 457 g/mol. The van der Waals surface area contributed by atoms with E-state index in [1.54, 1.807) is 41.8 Å². The average Bonchev–Trinajstić information content (AvgIpc) is 3.25.